The molecule has 1 aliphatic rings. The summed E-state index contributed by atoms with van der Waals surface area (Å²) in [6.45, 7) is 4.46. The highest BCUT2D eigenvalue weighted by atomic mass is 127. The number of carbonyl (C=O) groups excluding carboxylic acids is 1. The Hall–Kier alpha value is -2.14. The van der Waals surface area contributed by atoms with Crippen LogP contribution in [0.25, 0.3) is 0 Å². The van der Waals surface area contributed by atoms with Gasteiger partial charge >= 0.3 is 0 Å². The Balaban J connectivity index is 1.68. The molecule has 1 amide bonds. The van der Waals surface area contributed by atoms with Gasteiger partial charge in [-0.25, -0.2) is 4.98 Å². The van der Waals surface area contributed by atoms with Crippen LogP contribution < -0.4 is 20.5 Å². The van der Waals surface area contributed by atoms with Gasteiger partial charge in [0.05, 0.1) is 23.4 Å². The fourth-order valence-corrected chi connectivity index (χ4v) is 4.59. The number of methoxy groups -OCH3 is 1. The van der Waals surface area contributed by atoms with Crippen molar-refractivity contribution in [3.8, 4) is 17.2 Å². The van der Waals surface area contributed by atoms with E-state index in [4.69, 9.17) is 15.2 Å². The van der Waals surface area contributed by atoms with Crippen LogP contribution in [0.15, 0.2) is 18.3 Å². The molecule has 3 N–H and O–H groups in total. The summed E-state index contributed by atoms with van der Waals surface area (Å²) >= 11 is 2.20. The van der Waals surface area contributed by atoms with Crippen LogP contribution >= 0.6 is 22.6 Å². The van der Waals surface area contributed by atoms with Gasteiger partial charge in [0.25, 0.3) is 0 Å². The Bertz CT molecular complexity index is 947. The SMILES string of the molecule is COc1cc(C(C)C)c(Oc2cnc(NC(=O)CN(C)C3CCCCC3)nc2N)cc1I. The molecule has 0 spiro atoms. The Morgan fingerprint density at radius 1 is 1.25 bits per heavy atom. The number of nitrogens with zero attached hydrogens (tertiary/aromatic N) is 3. The minimum absolute atomic E-state index is 0.155. The summed E-state index contributed by atoms with van der Waals surface area (Å²) in [5.74, 6) is 2.20. The zero-order valence-corrected chi connectivity index (χ0v) is 21.3. The van der Waals surface area contributed by atoms with E-state index < -0.39 is 0 Å². The number of aromatic nitrogens is 2. The van der Waals surface area contributed by atoms with Crippen LogP contribution in [0.1, 0.15) is 57.4 Å². The smallest absolute Gasteiger partial charge is 0.240 e. The molecule has 0 unspecified atom stereocenters. The van der Waals surface area contributed by atoms with Crippen LogP contribution in [-0.2, 0) is 4.79 Å². The van der Waals surface area contributed by atoms with Crippen molar-refractivity contribution in [2.75, 3.05) is 31.8 Å². The predicted octanol–water partition coefficient (Wildman–Crippen LogP) is 4.79. The third kappa shape index (κ3) is 6.22. The number of halogens is 1. The lowest BCUT2D eigenvalue weighted by Crippen LogP contribution is -2.39. The Morgan fingerprint density at radius 2 is 1.97 bits per heavy atom. The number of amides is 1. The van der Waals surface area contributed by atoms with Crippen LogP contribution in [0.2, 0.25) is 0 Å². The first-order chi connectivity index (χ1) is 15.3. The van der Waals surface area contributed by atoms with Crippen molar-refractivity contribution in [1.29, 1.82) is 0 Å². The minimum atomic E-state index is -0.155. The number of benzene rings is 1. The standard InChI is InChI=1S/C23H32IN5O3/c1-14(2)16-10-19(31-4)17(24)11-18(16)32-20-12-26-23(28-22(20)25)27-21(30)13-29(3)15-8-6-5-7-9-15/h10-12,14-15H,5-9,13H2,1-4H3,(H3,25,26,27,28,30). The van der Waals surface area contributed by atoms with Gasteiger partial charge in [0.1, 0.15) is 11.5 Å². The first-order valence-corrected chi connectivity index (χ1v) is 12.0. The van der Waals surface area contributed by atoms with E-state index in [2.05, 4.69) is 56.6 Å². The fraction of sp³-hybridized carbons (Fsp3) is 0.522. The molecule has 3 rings (SSSR count). The molecule has 0 radical (unpaired) electrons. The minimum Gasteiger partial charge on any atom is -0.496 e. The largest absolute Gasteiger partial charge is 0.496 e. The molecule has 1 saturated carbocycles. The summed E-state index contributed by atoms with van der Waals surface area (Å²) < 4.78 is 12.4. The van der Waals surface area contributed by atoms with Crippen LogP contribution in [0, 0.1) is 3.57 Å². The molecule has 8 nitrogen and oxygen atoms in total. The van der Waals surface area contributed by atoms with Crippen molar-refractivity contribution in [3.05, 3.63) is 27.5 Å². The summed E-state index contributed by atoms with van der Waals surface area (Å²) in [6, 6.07) is 4.33. The van der Waals surface area contributed by atoms with Gasteiger partial charge in [0.2, 0.25) is 11.9 Å². The molecule has 32 heavy (non-hydrogen) atoms. The van der Waals surface area contributed by atoms with E-state index >= 15 is 0 Å². The van der Waals surface area contributed by atoms with Crippen LogP contribution in [0.3, 0.4) is 0 Å². The van der Waals surface area contributed by atoms with Crippen molar-refractivity contribution in [2.24, 2.45) is 0 Å². The first kappa shape index (κ1) is 24.5. The van der Waals surface area contributed by atoms with Gasteiger partial charge in [-0.15, -0.1) is 0 Å². The van der Waals surface area contributed by atoms with Gasteiger partial charge < -0.3 is 15.2 Å². The maximum Gasteiger partial charge on any atom is 0.240 e. The van der Waals surface area contributed by atoms with Crippen molar-refractivity contribution < 1.29 is 14.3 Å². The highest BCUT2D eigenvalue weighted by molar-refractivity contribution is 14.1. The fourth-order valence-electron chi connectivity index (χ4n) is 3.93. The second kappa shape index (κ2) is 11.1. The average Bonchev–Trinajstić information content (AvgIpc) is 2.76. The summed E-state index contributed by atoms with van der Waals surface area (Å²) in [6.07, 6.45) is 7.51. The van der Waals surface area contributed by atoms with Gasteiger partial charge in [-0.2, -0.15) is 4.98 Å². The molecule has 1 aromatic heterocycles. The van der Waals surface area contributed by atoms with E-state index in [1.807, 2.05) is 19.2 Å². The normalized spacial score (nSPS) is 14.6. The molecule has 0 bridgehead atoms. The summed E-state index contributed by atoms with van der Waals surface area (Å²) in [5, 5.41) is 2.74. The Morgan fingerprint density at radius 3 is 2.59 bits per heavy atom. The molecule has 174 valence electrons. The number of ether oxygens (including phenoxy) is 2. The molecule has 0 saturated heterocycles. The lowest BCUT2D eigenvalue weighted by Gasteiger charge is -2.30. The van der Waals surface area contributed by atoms with Gasteiger partial charge in [-0.1, -0.05) is 33.1 Å². The third-order valence-corrected chi connectivity index (χ3v) is 6.59. The number of nitrogens with two attached hydrogens (primary N) is 1. The molecule has 9 heteroatoms. The summed E-state index contributed by atoms with van der Waals surface area (Å²) in [4.78, 5) is 23.0. The Labute approximate surface area is 203 Å². The number of nitrogens with one attached hydrogen (secondary N) is 1. The molecule has 1 fully saturated rings. The molecule has 1 aliphatic carbocycles. The van der Waals surface area contributed by atoms with Gasteiger partial charge in [-0.05, 0) is 60.5 Å². The third-order valence-electron chi connectivity index (χ3n) is 5.75. The topological polar surface area (TPSA) is 103 Å². The molecular formula is C23H32IN5O3. The average molecular weight is 553 g/mol. The van der Waals surface area contributed by atoms with E-state index in [0.717, 1.165) is 27.7 Å². The Kier molecular flexibility index (Phi) is 8.52. The molecular weight excluding hydrogens is 521 g/mol. The predicted molar refractivity (Wildman–Crippen MR) is 134 cm³/mol. The zero-order chi connectivity index (χ0) is 23.3. The zero-order valence-electron chi connectivity index (χ0n) is 19.2. The van der Waals surface area contributed by atoms with E-state index in [9.17, 15) is 4.79 Å². The van der Waals surface area contributed by atoms with Crippen LogP contribution in [-0.4, -0.2) is 47.5 Å². The number of rotatable bonds is 8. The molecule has 0 atom stereocenters. The highest BCUT2D eigenvalue weighted by Gasteiger charge is 2.21. The molecule has 2 aromatic rings. The number of carbonyl (C=O) groups is 1. The molecule has 0 aliphatic heterocycles. The quantitative estimate of drug-likeness (QED) is 0.454. The maximum absolute atomic E-state index is 12.5. The van der Waals surface area contributed by atoms with Gasteiger partial charge in [0.15, 0.2) is 11.6 Å². The second-order valence-corrected chi connectivity index (χ2v) is 9.64. The maximum atomic E-state index is 12.5. The van der Waals surface area contributed by atoms with Gasteiger partial charge in [0, 0.05) is 11.6 Å². The highest BCUT2D eigenvalue weighted by Crippen LogP contribution is 2.37. The van der Waals surface area contributed by atoms with E-state index in [1.165, 1.54) is 25.5 Å². The monoisotopic (exact) mass is 553 g/mol. The number of anilines is 2. The summed E-state index contributed by atoms with van der Waals surface area (Å²) in [7, 11) is 3.64. The number of likely N-dealkylation sites (N-methyl/N-ethyl adjacent to an activating group) is 1. The summed E-state index contributed by atoms with van der Waals surface area (Å²) in [5.41, 5.74) is 7.11. The number of hydrogen-bond acceptors (Lipinski definition) is 7. The first-order valence-electron chi connectivity index (χ1n) is 11.0. The second-order valence-electron chi connectivity index (χ2n) is 8.48. The van der Waals surface area contributed by atoms with Crippen LogP contribution in [0.5, 0.6) is 17.2 Å². The molecule has 1 heterocycles. The van der Waals surface area contributed by atoms with Gasteiger partial charge in [-0.3, -0.25) is 15.0 Å². The lowest BCUT2D eigenvalue weighted by molar-refractivity contribution is -0.117. The number of nitrogen functional groups attached to an aromatic ring is 1. The lowest BCUT2D eigenvalue weighted by atomic mass is 9.94. The van der Waals surface area contributed by atoms with E-state index in [1.54, 1.807) is 7.11 Å². The molecule has 1 aromatic carbocycles. The van der Waals surface area contributed by atoms with Crippen molar-refractivity contribution in [1.82, 2.24) is 14.9 Å². The van der Waals surface area contributed by atoms with Crippen molar-refractivity contribution >= 4 is 40.3 Å². The van der Waals surface area contributed by atoms with E-state index in [0.29, 0.717) is 24.1 Å². The van der Waals surface area contributed by atoms with Crippen molar-refractivity contribution in [3.63, 3.8) is 0 Å². The van der Waals surface area contributed by atoms with Crippen LogP contribution in [0.4, 0.5) is 11.8 Å². The number of hydrogen-bond donors (Lipinski definition) is 2. The van der Waals surface area contributed by atoms with E-state index in [-0.39, 0.29) is 23.6 Å². The van der Waals surface area contributed by atoms with Crippen molar-refractivity contribution in [2.45, 2.75) is 57.9 Å².